The van der Waals surface area contributed by atoms with E-state index in [9.17, 15) is 18.0 Å². The number of thiazole rings is 1. The Hall–Kier alpha value is -2.75. The molecule has 1 unspecified atom stereocenters. The Kier molecular flexibility index (Phi) is 5.54. The van der Waals surface area contributed by atoms with Crippen LogP contribution in [0, 0.1) is 6.92 Å². The SMILES string of the molecule is Cc1ncsc1C(COC=O)c1cn(Cc2ccc(C(F)(F)F)cc2)nn1. The van der Waals surface area contributed by atoms with Gasteiger partial charge in [0, 0.05) is 11.1 Å². The number of nitrogens with zero attached hydrogens (tertiary/aromatic N) is 4. The molecular formula is C17H15F3N4O2S. The van der Waals surface area contributed by atoms with Crippen molar-refractivity contribution in [3.8, 4) is 0 Å². The molecule has 0 aliphatic carbocycles. The van der Waals surface area contributed by atoms with E-state index in [1.807, 2.05) is 6.92 Å². The van der Waals surface area contributed by atoms with Crippen molar-refractivity contribution < 1.29 is 22.7 Å². The molecule has 0 saturated heterocycles. The lowest BCUT2D eigenvalue weighted by atomic mass is 10.0. The number of hydrogen-bond donors (Lipinski definition) is 0. The molecule has 0 aliphatic rings. The molecule has 0 amide bonds. The summed E-state index contributed by atoms with van der Waals surface area (Å²) in [5.74, 6) is -0.302. The molecule has 0 spiro atoms. The molecule has 6 nitrogen and oxygen atoms in total. The van der Waals surface area contributed by atoms with E-state index >= 15 is 0 Å². The predicted molar refractivity (Wildman–Crippen MR) is 91.3 cm³/mol. The number of carbonyl (C=O) groups is 1. The largest absolute Gasteiger partial charge is 0.467 e. The zero-order valence-electron chi connectivity index (χ0n) is 14.2. The molecule has 2 aromatic heterocycles. The van der Waals surface area contributed by atoms with Gasteiger partial charge in [-0.25, -0.2) is 9.67 Å². The fraction of sp³-hybridized carbons (Fsp3) is 0.294. The quantitative estimate of drug-likeness (QED) is 0.573. The number of aromatic nitrogens is 4. The highest BCUT2D eigenvalue weighted by Gasteiger charge is 2.30. The van der Waals surface area contributed by atoms with Crippen LogP contribution in [0.3, 0.4) is 0 Å². The molecule has 1 aromatic carbocycles. The maximum atomic E-state index is 12.6. The lowest BCUT2D eigenvalue weighted by Crippen LogP contribution is -2.09. The first kappa shape index (κ1) is 19.0. The summed E-state index contributed by atoms with van der Waals surface area (Å²) in [5.41, 5.74) is 3.07. The summed E-state index contributed by atoms with van der Waals surface area (Å²) in [5, 5.41) is 8.17. The number of ether oxygens (including phenoxy) is 1. The normalized spacial score (nSPS) is 12.7. The summed E-state index contributed by atoms with van der Waals surface area (Å²) >= 11 is 1.43. The second kappa shape index (κ2) is 7.87. The molecule has 0 N–H and O–H groups in total. The molecule has 0 saturated carbocycles. The highest BCUT2D eigenvalue weighted by Crippen LogP contribution is 2.30. The molecule has 2 heterocycles. The Bertz CT molecular complexity index is 906. The Morgan fingerprint density at radius 1 is 1.30 bits per heavy atom. The van der Waals surface area contributed by atoms with Crippen molar-refractivity contribution in [3.05, 3.63) is 63.4 Å². The van der Waals surface area contributed by atoms with Crippen LogP contribution in [0.4, 0.5) is 13.2 Å². The van der Waals surface area contributed by atoms with Crippen molar-refractivity contribution in [2.24, 2.45) is 0 Å². The summed E-state index contributed by atoms with van der Waals surface area (Å²) in [6.45, 7) is 2.60. The van der Waals surface area contributed by atoms with Crippen LogP contribution < -0.4 is 0 Å². The first-order valence-electron chi connectivity index (χ1n) is 7.90. The Labute approximate surface area is 156 Å². The minimum absolute atomic E-state index is 0.103. The summed E-state index contributed by atoms with van der Waals surface area (Å²) in [4.78, 5) is 15.7. The standard InChI is InChI=1S/C17H15F3N4O2S/c1-11-16(27-9-21-11)14(8-26-10-25)15-7-24(23-22-15)6-12-2-4-13(5-3-12)17(18,19)20/h2-5,7,9-10,14H,6,8H2,1H3. The third-order valence-corrected chi connectivity index (χ3v) is 5.01. The summed E-state index contributed by atoms with van der Waals surface area (Å²) < 4.78 is 44.4. The van der Waals surface area contributed by atoms with Gasteiger partial charge < -0.3 is 4.74 Å². The highest BCUT2D eigenvalue weighted by molar-refractivity contribution is 7.09. The van der Waals surface area contributed by atoms with Gasteiger partial charge in [0.05, 0.1) is 34.9 Å². The summed E-state index contributed by atoms with van der Waals surface area (Å²) in [7, 11) is 0. The van der Waals surface area contributed by atoms with Crippen molar-refractivity contribution in [2.75, 3.05) is 6.61 Å². The molecule has 10 heteroatoms. The minimum Gasteiger partial charge on any atom is -0.467 e. The number of rotatable bonds is 7. The third kappa shape index (κ3) is 4.51. The molecule has 27 heavy (non-hydrogen) atoms. The van der Waals surface area contributed by atoms with Crippen LogP contribution in [-0.2, 0) is 22.3 Å². The number of hydrogen-bond acceptors (Lipinski definition) is 6. The van der Waals surface area contributed by atoms with Crippen LogP contribution in [0.2, 0.25) is 0 Å². The smallest absolute Gasteiger partial charge is 0.416 e. The zero-order chi connectivity index (χ0) is 19.4. The Balaban J connectivity index is 1.78. The maximum Gasteiger partial charge on any atom is 0.416 e. The van der Waals surface area contributed by atoms with E-state index < -0.39 is 11.7 Å². The van der Waals surface area contributed by atoms with Gasteiger partial charge in [0.2, 0.25) is 0 Å². The van der Waals surface area contributed by atoms with Gasteiger partial charge in [0.1, 0.15) is 6.61 Å². The van der Waals surface area contributed by atoms with Crippen LogP contribution in [0.1, 0.15) is 33.3 Å². The van der Waals surface area contributed by atoms with Gasteiger partial charge in [0.15, 0.2) is 0 Å². The first-order valence-corrected chi connectivity index (χ1v) is 8.78. The molecule has 0 bridgehead atoms. The summed E-state index contributed by atoms with van der Waals surface area (Å²) in [6, 6.07) is 4.89. The monoisotopic (exact) mass is 396 g/mol. The molecule has 3 aromatic rings. The van der Waals surface area contributed by atoms with Gasteiger partial charge >= 0.3 is 6.18 Å². The number of halogens is 3. The van der Waals surface area contributed by atoms with Gasteiger partial charge in [-0.15, -0.1) is 16.4 Å². The van der Waals surface area contributed by atoms with E-state index in [1.165, 1.54) is 28.2 Å². The molecule has 0 radical (unpaired) electrons. The second-order valence-electron chi connectivity index (χ2n) is 5.82. The first-order chi connectivity index (χ1) is 12.9. The van der Waals surface area contributed by atoms with Gasteiger partial charge in [-0.05, 0) is 24.6 Å². The fourth-order valence-corrected chi connectivity index (χ4v) is 3.51. The number of carbonyl (C=O) groups excluding carboxylic acids is 1. The summed E-state index contributed by atoms with van der Waals surface area (Å²) in [6.07, 6.45) is -2.67. The second-order valence-corrected chi connectivity index (χ2v) is 6.71. The van der Waals surface area contributed by atoms with E-state index in [-0.39, 0.29) is 19.1 Å². The topological polar surface area (TPSA) is 69.9 Å². The highest BCUT2D eigenvalue weighted by atomic mass is 32.1. The zero-order valence-corrected chi connectivity index (χ0v) is 15.0. The van der Waals surface area contributed by atoms with Crippen LogP contribution in [0.15, 0.2) is 36.0 Å². The number of benzene rings is 1. The van der Waals surface area contributed by atoms with Crippen LogP contribution in [0.5, 0.6) is 0 Å². The van der Waals surface area contributed by atoms with Crippen molar-refractivity contribution in [2.45, 2.75) is 25.6 Å². The molecule has 1 atom stereocenters. The fourth-order valence-electron chi connectivity index (χ4n) is 2.61. The molecule has 3 rings (SSSR count). The van der Waals surface area contributed by atoms with Gasteiger partial charge in [-0.3, -0.25) is 4.79 Å². The van der Waals surface area contributed by atoms with Crippen molar-refractivity contribution in [1.82, 2.24) is 20.0 Å². The lowest BCUT2D eigenvalue weighted by molar-refractivity contribution is -0.137. The van der Waals surface area contributed by atoms with Crippen molar-refractivity contribution in [1.29, 1.82) is 0 Å². The van der Waals surface area contributed by atoms with Crippen LogP contribution in [-0.4, -0.2) is 33.1 Å². The molecule has 0 aliphatic heterocycles. The maximum absolute atomic E-state index is 12.6. The van der Waals surface area contributed by atoms with Crippen LogP contribution >= 0.6 is 11.3 Å². The van der Waals surface area contributed by atoms with E-state index in [0.717, 1.165) is 22.7 Å². The molecular weight excluding hydrogens is 381 g/mol. The van der Waals surface area contributed by atoms with Crippen molar-refractivity contribution in [3.63, 3.8) is 0 Å². The Morgan fingerprint density at radius 3 is 2.63 bits per heavy atom. The average molecular weight is 396 g/mol. The average Bonchev–Trinajstić information content (AvgIpc) is 3.25. The van der Waals surface area contributed by atoms with Gasteiger partial charge in [-0.2, -0.15) is 13.2 Å². The van der Waals surface area contributed by atoms with Crippen molar-refractivity contribution >= 4 is 17.8 Å². The van der Waals surface area contributed by atoms with E-state index in [4.69, 9.17) is 4.74 Å². The third-order valence-electron chi connectivity index (χ3n) is 3.97. The number of alkyl halides is 3. The minimum atomic E-state index is -4.36. The van der Waals surface area contributed by atoms with E-state index in [2.05, 4.69) is 15.3 Å². The number of aryl methyl sites for hydroxylation is 1. The Morgan fingerprint density at radius 2 is 2.04 bits per heavy atom. The van der Waals surface area contributed by atoms with E-state index in [1.54, 1.807) is 11.7 Å². The predicted octanol–water partition coefficient (Wildman–Crippen LogP) is 3.42. The molecule has 142 valence electrons. The van der Waals surface area contributed by atoms with E-state index in [0.29, 0.717) is 17.7 Å². The molecule has 0 fully saturated rings. The van der Waals surface area contributed by atoms with Gasteiger partial charge in [0.25, 0.3) is 6.47 Å². The van der Waals surface area contributed by atoms with Gasteiger partial charge in [-0.1, -0.05) is 17.3 Å². The lowest BCUT2D eigenvalue weighted by Gasteiger charge is -2.11. The van der Waals surface area contributed by atoms with Crippen LogP contribution in [0.25, 0.3) is 0 Å².